The Kier molecular flexibility index (Phi) is 5.91. The van der Waals surface area contributed by atoms with E-state index in [4.69, 9.17) is 4.74 Å². The molecule has 1 aromatic carbocycles. The quantitative estimate of drug-likeness (QED) is 0.639. The Morgan fingerprint density at radius 2 is 1.74 bits per heavy atom. The molecule has 4 rings (SSSR count). The van der Waals surface area contributed by atoms with Crippen LogP contribution in [0.4, 0.5) is 21.7 Å². The topological polar surface area (TPSA) is 68.1 Å². The van der Waals surface area contributed by atoms with E-state index in [0.29, 0.717) is 11.6 Å². The molecule has 164 valence electrons. The van der Waals surface area contributed by atoms with Gasteiger partial charge in [0.05, 0.1) is 30.3 Å². The van der Waals surface area contributed by atoms with Crippen LogP contribution in [0.25, 0.3) is 11.4 Å². The van der Waals surface area contributed by atoms with Crippen molar-refractivity contribution in [3.05, 3.63) is 48.3 Å². The standard InChI is InChI=1S/C23H29FN6O/c1-14(2)30-17(5)25-11-21(30)22-20(24)10-26-23(28-22)27-18-6-8-19(9-7-18)29-12-15(3)31-16(4)13-29/h6-11,14-16H,12-13H2,1-5H3,(H,26,27,28). The molecule has 2 atom stereocenters. The third-order valence-electron chi connectivity index (χ3n) is 5.39. The van der Waals surface area contributed by atoms with Gasteiger partial charge in [0, 0.05) is 30.5 Å². The molecule has 1 N–H and O–H groups in total. The largest absolute Gasteiger partial charge is 0.372 e. The molecule has 0 bridgehead atoms. The minimum Gasteiger partial charge on any atom is -0.372 e. The number of hydrogen-bond donors (Lipinski definition) is 1. The van der Waals surface area contributed by atoms with E-state index in [1.807, 2.05) is 37.5 Å². The van der Waals surface area contributed by atoms with E-state index in [1.54, 1.807) is 6.20 Å². The lowest BCUT2D eigenvalue weighted by Gasteiger charge is -2.36. The average molecular weight is 425 g/mol. The van der Waals surface area contributed by atoms with Gasteiger partial charge in [-0.05, 0) is 58.9 Å². The van der Waals surface area contributed by atoms with Gasteiger partial charge in [0.15, 0.2) is 5.82 Å². The Balaban J connectivity index is 1.55. The molecular weight excluding hydrogens is 395 g/mol. The third kappa shape index (κ3) is 4.54. The molecule has 2 unspecified atom stereocenters. The summed E-state index contributed by atoms with van der Waals surface area (Å²) in [5.41, 5.74) is 2.86. The van der Waals surface area contributed by atoms with E-state index in [-0.39, 0.29) is 23.9 Å². The molecule has 0 saturated carbocycles. The summed E-state index contributed by atoms with van der Waals surface area (Å²) in [6.45, 7) is 11.9. The highest BCUT2D eigenvalue weighted by molar-refractivity contribution is 5.62. The van der Waals surface area contributed by atoms with E-state index in [9.17, 15) is 4.39 Å². The van der Waals surface area contributed by atoms with Gasteiger partial charge in [-0.2, -0.15) is 0 Å². The molecule has 1 aliphatic rings. The fourth-order valence-electron chi connectivity index (χ4n) is 4.16. The van der Waals surface area contributed by atoms with Gasteiger partial charge in [-0.15, -0.1) is 0 Å². The van der Waals surface area contributed by atoms with Crippen LogP contribution in [-0.4, -0.2) is 44.8 Å². The van der Waals surface area contributed by atoms with Gasteiger partial charge < -0.3 is 19.5 Å². The first-order valence-corrected chi connectivity index (χ1v) is 10.7. The molecule has 0 spiro atoms. The molecule has 1 aliphatic heterocycles. The van der Waals surface area contributed by atoms with Crippen LogP contribution in [0.3, 0.4) is 0 Å². The van der Waals surface area contributed by atoms with Crippen molar-refractivity contribution in [2.75, 3.05) is 23.3 Å². The van der Waals surface area contributed by atoms with E-state index in [1.165, 1.54) is 6.20 Å². The van der Waals surface area contributed by atoms with Gasteiger partial charge in [-0.1, -0.05) is 0 Å². The number of benzene rings is 1. The van der Waals surface area contributed by atoms with Crippen LogP contribution in [0.2, 0.25) is 0 Å². The van der Waals surface area contributed by atoms with Crippen LogP contribution >= 0.6 is 0 Å². The van der Waals surface area contributed by atoms with Crippen LogP contribution in [0, 0.1) is 12.7 Å². The second kappa shape index (κ2) is 8.63. The van der Waals surface area contributed by atoms with Crippen molar-refractivity contribution in [3.63, 3.8) is 0 Å². The minimum absolute atomic E-state index is 0.140. The van der Waals surface area contributed by atoms with Gasteiger partial charge in [-0.3, -0.25) is 0 Å². The number of ether oxygens (including phenoxy) is 1. The SMILES string of the molecule is Cc1ncc(-c2nc(Nc3ccc(N4CC(C)OC(C)C4)cc3)ncc2F)n1C(C)C. The van der Waals surface area contributed by atoms with Gasteiger partial charge in [-0.25, -0.2) is 19.3 Å². The van der Waals surface area contributed by atoms with Crippen molar-refractivity contribution in [2.45, 2.75) is 52.9 Å². The van der Waals surface area contributed by atoms with E-state index >= 15 is 0 Å². The maximum absolute atomic E-state index is 14.6. The second-order valence-corrected chi connectivity index (χ2v) is 8.38. The molecule has 2 aromatic heterocycles. The van der Waals surface area contributed by atoms with Crippen LogP contribution in [0.1, 0.15) is 39.6 Å². The maximum atomic E-state index is 14.6. The summed E-state index contributed by atoms with van der Waals surface area (Å²) in [6, 6.07) is 8.23. The predicted octanol–water partition coefficient (Wildman–Crippen LogP) is 4.73. The molecule has 3 aromatic rings. The molecular formula is C23H29FN6O. The van der Waals surface area contributed by atoms with E-state index < -0.39 is 5.82 Å². The lowest BCUT2D eigenvalue weighted by molar-refractivity contribution is -0.00521. The second-order valence-electron chi connectivity index (χ2n) is 8.38. The molecule has 8 heteroatoms. The maximum Gasteiger partial charge on any atom is 0.227 e. The van der Waals surface area contributed by atoms with Crippen molar-refractivity contribution in [2.24, 2.45) is 0 Å². The fraction of sp³-hybridized carbons (Fsp3) is 0.435. The Bertz CT molecular complexity index is 1040. The number of nitrogens with one attached hydrogen (secondary N) is 1. The summed E-state index contributed by atoms with van der Waals surface area (Å²) in [5.74, 6) is 0.685. The number of anilines is 3. The number of imidazole rings is 1. The summed E-state index contributed by atoms with van der Waals surface area (Å²) in [6.07, 6.45) is 3.26. The number of rotatable bonds is 5. The number of aryl methyl sites for hydroxylation is 1. The Labute approximate surface area is 182 Å². The predicted molar refractivity (Wildman–Crippen MR) is 120 cm³/mol. The summed E-state index contributed by atoms with van der Waals surface area (Å²) in [7, 11) is 0. The molecule has 7 nitrogen and oxygen atoms in total. The highest BCUT2D eigenvalue weighted by Gasteiger charge is 2.22. The smallest absolute Gasteiger partial charge is 0.227 e. The molecule has 0 amide bonds. The van der Waals surface area contributed by atoms with E-state index in [0.717, 1.165) is 30.3 Å². The summed E-state index contributed by atoms with van der Waals surface area (Å²) >= 11 is 0. The van der Waals surface area contributed by atoms with Gasteiger partial charge in [0.2, 0.25) is 5.95 Å². The third-order valence-corrected chi connectivity index (χ3v) is 5.39. The normalized spacial score (nSPS) is 19.1. The number of hydrogen-bond acceptors (Lipinski definition) is 6. The molecule has 31 heavy (non-hydrogen) atoms. The lowest BCUT2D eigenvalue weighted by atomic mass is 10.2. The molecule has 0 aliphatic carbocycles. The van der Waals surface area contributed by atoms with E-state index in [2.05, 4.69) is 51.1 Å². The molecule has 1 fully saturated rings. The van der Waals surface area contributed by atoms with Crippen LogP contribution < -0.4 is 10.2 Å². The number of morpholine rings is 1. The zero-order valence-corrected chi connectivity index (χ0v) is 18.6. The minimum atomic E-state index is -0.474. The molecule has 3 heterocycles. The van der Waals surface area contributed by atoms with Crippen molar-refractivity contribution in [1.82, 2.24) is 19.5 Å². The highest BCUT2D eigenvalue weighted by Crippen LogP contribution is 2.27. The summed E-state index contributed by atoms with van der Waals surface area (Å²) in [5, 5.41) is 3.18. The van der Waals surface area contributed by atoms with Crippen LogP contribution in [0.5, 0.6) is 0 Å². The zero-order valence-electron chi connectivity index (χ0n) is 18.6. The molecule has 1 saturated heterocycles. The number of aromatic nitrogens is 4. The Morgan fingerprint density at radius 1 is 1.06 bits per heavy atom. The molecule has 0 radical (unpaired) electrons. The first-order chi connectivity index (χ1) is 14.8. The lowest BCUT2D eigenvalue weighted by Crippen LogP contribution is -2.45. The average Bonchev–Trinajstić information content (AvgIpc) is 3.11. The Morgan fingerprint density at radius 3 is 2.39 bits per heavy atom. The van der Waals surface area contributed by atoms with Crippen molar-refractivity contribution in [1.29, 1.82) is 0 Å². The highest BCUT2D eigenvalue weighted by atomic mass is 19.1. The fourth-order valence-corrected chi connectivity index (χ4v) is 4.16. The van der Waals surface area contributed by atoms with Crippen molar-refractivity contribution in [3.8, 4) is 11.4 Å². The Hall–Kier alpha value is -3.00. The van der Waals surface area contributed by atoms with Gasteiger partial charge in [0.1, 0.15) is 11.5 Å². The van der Waals surface area contributed by atoms with Crippen LogP contribution in [-0.2, 0) is 4.74 Å². The van der Waals surface area contributed by atoms with Gasteiger partial charge >= 0.3 is 0 Å². The van der Waals surface area contributed by atoms with Crippen molar-refractivity contribution < 1.29 is 9.13 Å². The van der Waals surface area contributed by atoms with Gasteiger partial charge in [0.25, 0.3) is 0 Å². The number of halogens is 1. The summed E-state index contributed by atoms with van der Waals surface area (Å²) in [4.78, 5) is 15.2. The monoisotopic (exact) mass is 424 g/mol. The van der Waals surface area contributed by atoms with Crippen LogP contribution in [0.15, 0.2) is 36.7 Å². The number of nitrogens with zero attached hydrogens (tertiary/aromatic N) is 5. The first-order valence-electron chi connectivity index (χ1n) is 10.7. The summed E-state index contributed by atoms with van der Waals surface area (Å²) < 4.78 is 22.3. The zero-order chi connectivity index (χ0) is 22.1. The first kappa shape index (κ1) is 21.2. The van der Waals surface area contributed by atoms with Crippen molar-refractivity contribution >= 4 is 17.3 Å².